The third-order valence-corrected chi connectivity index (χ3v) is 5.87. The van der Waals surface area contributed by atoms with E-state index < -0.39 is 0 Å². The second kappa shape index (κ2) is 8.45. The fraction of sp³-hybridized carbons (Fsp3) is 0.167. The number of aryl methyl sites for hydroxylation is 2. The fourth-order valence-corrected chi connectivity index (χ4v) is 3.99. The third kappa shape index (κ3) is 4.30. The normalized spacial score (nSPS) is 10.8. The van der Waals surface area contributed by atoms with E-state index in [1.807, 2.05) is 36.4 Å². The summed E-state index contributed by atoms with van der Waals surface area (Å²) in [5.41, 5.74) is 5.36. The molecule has 1 amide bonds. The molecule has 0 fully saturated rings. The summed E-state index contributed by atoms with van der Waals surface area (Å²) in [5.74, 6) is 0.803. The van der Waals surface area contributed by atoms with Crippen LogP contribution in [0.5, 0.6) is 0 Å². The Morgan fingerprint density at radius 3 is 2.59 bits per heavy atom. The fourth-order valence-electron chi connectivity index (χ4n) is 3.23. The van der Waals surface area contributed by atoms with Crippen LogP contribution in [0, 0.1) is 13.8 Å². The van der Waals surface area contributed by atoms with Crippen LogP contribution in [-0.2, 0) is 0 Å². The first-order chi connectivity index (χ1) is 14.1. The summed E-state index contributed by atoms with van der Waals surface area (Å²) in [7, 11) is 0. The number of benzene rings is 3. The molecule has 5 heteroatoms. The molecule has 0 saturated carbocycles. The molecule has 0 spiro atoms. The summed E-state index contributed by atoms with van der Waals surface area (Å²) in [5, 5.41) is 7.41. The van der Waals surface area contributed by atoms with Crippen LogP contribution in [0.15, 0.2) is 66.7 Å². The van der Waals surface area contributed by atoms with Crippen molar-refractivity contribution in [2.45, 2.75) is 13.8 Å². The van der Waals surface area contributed by atoms with Crippen LogP contribution in [0.25, 0.3) is 21.2 Å². The average Bonchev–Trinajstić information content (AvgIpc) is 3.16. The maximum atomic E-state index is 12.6. The highest BCUT2D eigenvalue weighted by atomic mass is 32.1. The number of rotatable bonds is 6. The maximum Gasteiger partial charge on any atom is 0.251 e. The molecular formula is C24H23N3OS. The van der Waals surface area contributed by atoms with Crippen molar-refractivity contribution in [2.24, 2.45) is 0 Å². The molecule has 0 aliphatic heterocycles. The second-order valence-electron chi connectivity index (χ2n) is 7.09. The largest absolute Gasteiger partial charge is 0.367 e. The van der Waals surface area contributed by atoms with Crippen molar-refractivity contribution in [3.8, 4) is 11.1 Å². The van der Waals surface area contributed by atoms with Crippen molar-refractivity contribution >= 4 is 33.3 Å². The van der Waals surface area contributed by atoms with Crippen LogP contribution in [0.2, 0.25) is 0 Å². The first kappa shape index (κ1) is 19.2. The molecule has 0 atom stereocenters. The van der Waals surface area contributed by atoms with Gasteiger partial charge in [-0.2, -0.15) is 4.37 Å². The number of hydrogen-bond donors (Lipinski definition) is 2. The molecule has 4 nitrogen and oxygen atoms in total. The lowest BCUT2D eigenvalue weighted by atomic mass is 9.99. The molecular weight excluding hydrogens is 378 g/mol. The van der Waals surface area contributed by atoms with Gasteiger partial charge in [0.15, 0.2) is 0 Å². The van der Waals surface area contributed by atoms with Crippen molar-refractivity contribution in [1.29, 1.82) is 0 Å². The molecule has 4 aromatic rings. The van der Waals surface area contributed by atoms with Crippen LogP contribution in [0.3, 0.4) is 0 Å². The number of hydrogen-bond acceptors (Lipinski definition) is 4. The molecule has 146 valence electrons. The number of carbonyl (C=O) groups excluding carboxylic acids is 1. The Bertz CT molecular complexity index is 1170. The number of aromatic nitrogens is 1. The van der Waals surface area contributed by atoms with E-state index in [9.17, 15) is 4.79 Å². The SMILES string of the molecule is Cc1ccc(-c2cccc(C(=O)NCCNc3nsc4ccccc34)c2)cc1C. The number of anilines is 1. The summed E-state index contributed by atoms with van der Waals surface area (Å²) < 4.78 is 5.60. The number of amides is 1. The highest BCUT2D eigenvalue weighted by Gasteiger charge is 2.08. The first-order valence-electron chi connectivity index (χ1n) is 9.66. The van der Waals surface area contributed by atoms with E-state index >= 15 is 0 Å². The van der Waals surface area contributed by atoms with Gasteiger partial charge in [-0.25, -0.2) is 0 Å². The van der Waals surface area contributed by atoms with Crippen molar-refractivity contribution in [3.63, 3.8) is 0 Å². The monoisotopic (exact) mass is 401 g/mol. The van der Waals surface area contributed by atoms with Gasteiger partial charge in [-0.1, -0.05) is 42.5 Å². The van der Waals surface area contributed by atoms with E-state index in [1.165, 1.54) is 22.7 Å². The Kier molecular flexibility index (Phi) is 5.58. The molecule has 0 saturated heterocycles. The standard InChI is InChI=1S/C24H23N3OS/c1-16-10-11-19(14-17(16)2)18-6-5-7-20(15-18)24(28)26-13-12-25-23-21-8-3-4-9-22(21)29-27-23/h3-11,14-15H,12-13H2,1-2H3,(H,25,27)(H,26,28). The van der Waals surface area contributed by atoms with Gasteiger partial charge in [0.2, 0.25) is 0 Å². The van der Waals surface area contributed by atoms with Gasteiger partial charge in [0.1, 0.15) is 5.82 Å². The topological polar surface area (TPSA) is 54.0 Å². The van der Waals surface area contributed by atoms with Gasteiger partial charge in [-0.3, -0.25) is 4.79 Å². The first-order valence-corrected chi connectivity index (χ1v) is 10.4. The van der Waals surface area contributed by atoms with Gasteiger partial charge in [-0.05, 0) is 71.9 Å². The second-order valence-corrected chi connectivity index (χ2v) is 7.89. The van der Waals surface area contributed by atoms with E-state index in [4.69, 9.17) is 0 Å². The Labute approximate surface area is 174 Å². The van der Waals surface area contributed by atoms with E-state index in [1.54, 1.807) is 0 Å². The summed E-state index contributed by atoms with van der Waals surface area (Å²) in [4.78, 5) is 12.6. The van der Waals surface area contributed by atoms with Gasteiger partial charge in [0.25, 0.3) is 5.91 Å². The van der Waals surface area contributed by atoms with Crippen LogP contribution >= 0.6 is 11.5 Å². The summed E-state index contributed by atoms with van der Waals surface area (Å²) in [6, 6.07) is 22.3. The number of nitrogens with one attached hydrogen (secondary N) is 2. The Balaban J connectivity index is 1.37. The molecule has 1 heterocycles. The van der Waals surface area contributed by atoms with Crippen LogP contribution in [0.4, 0.5) is 5.82 Å². The lowest BCUT2D eigenvalue weighted by molar-refractivity contribution is 0.0955. The Morgan fingerprint density at radius 2 is 1.72 bits per heavy atom. The quantitative estimate of drug-likeness (QED) is 0.424. The lowest BCUT2D eigenvalue weighted by Gasteiger charge is -2.09. The average molecular weight is 402 g/mol. The third-order valence-electron chi connectivity index (χ3n) is 5.05. The minimum atomic E-state index is -0.0689. The minimum absolute atomic E-state index is 0.0689. The van der Waals surface area contributed by atoms with Gasteiger partial charge in [0, 0.05) is 24.0 Å². The number of carbonyl (C=O) groups is 1. The molecule has 4 rings (SSSR count). The van der Waals surface area contributed by atoms with E-state index in [-0.39, 0.29) is 5.91 Å². The van der Waals surface area contributed by atoms with Gasteiger partial charge in [0.05, 0.1) is 4.70 Å². The van der Waals surface area contributed by atoms with Crippen LogP contribution in [-0.4, -0.2) is 23.4 Å². The molecule has 0 radical (unpaired) electrons. The highest BCUT2D eigenvalue weighted by Crippen LogP contribution is 2.26. The lowest BCUT2D eigenvalue weighted by Crippen LogP contribution is -2.28. The van der Waals surface area contributed by atoms with Crippen molar-refractivity contribution in [1.82, 2.24) is 9.69 Å². The molecule has 0 unspecified atom stereocenters. The van der Waals surface area contributed by atoms with Gasteiger partial charge in [-0.15, -0.1) is 0 Å². The summed E-state index contributed by atoms with van der Waals surface area (Å²) in [6.07, 6.45) is 0. The van der Waals surface area contributed by atoms with E-state index in [2.05, 4.69) is 59.2 Å². The highest BCUT2D eigenvalue weighted by molar-refractivity contribution is 7.13. The molecule has 2 N–H and O–H groups in total. The predicted octanol–water partition coefficient (Wildman–Crippen LogP) is 5.42. The van der Waals surface area contributed by atoms with Crippen LogP contribution < -0.4 is 10.6 Å². The van der Waals surface area contributed by atoms with E-state index in [0.717, 1.165) is 27.0 Å². The zero-order valence-corrected chi connectivity index (χ0v) is 17.3. The molecule has 1 aromatic heterocycles. The maximum absolute atomic E-state index is 12.6. The zero-order chi connectivity index (χ0) is 20.2. The van der Waals surface area contributed by atoms with Crippen LogP contribution in [0.1, 0.15) is 21.5 Å². The number of fused-ring (bicyclic) bond motifs is 1. The van der Waals surface area contributed by atoms with Crippen molar-refractivity contribution in [3.05, 3.63) is 83.4 Å². The predicted molar refractivity (Wildman–Crippen MR) is 122 cm³/mol. The smallest absolute Gasteiger partial charge is 0.251 e. The van der Waals surface area contributed by atoms with E-state index in [0.29, 0.717) is 18.7 Å². The minimum Gasteiger partial charge on any atom is -0.367 e. The summed E-state index contributed by atoms with van der Waals surface area (Å²) in [6.45, 7) is 5.36. The summed E-state index contributed by atoms with van der Waals surface area (Å²) >= 11 is 1.48. The van der Waals surface area contributed by atoms with Crippen molar-refractivity contribution in [2.75, 3.05) is 18.4 Å². The molecule has 0 bridgehead atoms. The van der Waals surface area contributed by atoms with Crippen molar-refractivity contribution < 1.29 is 4.79 Å². The molecule has 29 heavy (non-hydrogen) atoms. The molecule has 3 aromatic carbocycles. The number of nitrogens with zero attached hydrogens (tertiary/aromatic N) is 1. The molecule has 0 aliphatic carbocycles. The van der Waals surface area contributed by atoms with Gasteiger partial charge < -0.3 is 10.6 Å². The Hall–Kier alpha value is -3.18. The molecule has 0 aliphatic rings. The Morgan fingerprint density at radius 1 is 0.897 bits per heavy atom. The van der Waals surface area contributed by atoms with Gasteiger partial charge >= 0.3 is 0 Å². The zero-order valence-electron chi connectivity index (χ0n) is 16.5.